The molecule has 6 nitrogen and oxygen atoms in total. The molecule has 0 spiro atoms. The molecule has 1 atom stereocenters. The van der Waals surface area contributed by atoms with Crippen molar-refractivity contribution in [3.8, 4) is 0 Å². The molecule has 1 amide bonds. The number of nitrogens with one attached hydrogen (secondary N) is 2. The summed E-state index contributed by atoms with van der Waals surface area (Å²) in [6, 6.07) is 15.4. The summed E-state index contributed by atoms with van der Waals surface area (Å²) < 4.78 is 1.79. The van der Waals surface area contributed by atoms with Crippen LogP contribution in [0.2, 0.25) is 0 Å². The second kappa shape index (κ2) is 7.54. The first-order chi connectivity index (χ1) is 15.0. The molecule has 3 aromatic rings. The Morgan fingerprint density at radius 2 is 1.97 bits per heavy atom. The van der Waals surface area contributed by atoms with Crippen molar-refractivity contribution in [1.29, 1.82) is 0 Å². The Labute approximate surface area is 181 Å². The third kappa shape index (κ3) is 3.34. The van der Waals surface area contributed by atoms with Gasteiger partial charge >= 0.3 is 0 Å². The van der Waals surface area contributed by atoms with Crippen LogP contribution >= 0.6 is 0 Å². The van der Waals surface area contributed by atoms with Crippen LogP contribution < -0.4 is 10.6 Å². The van der Waals surface area contributed by atoms with Crippen LogP contribution in [0.1, 0.15) is 52.4 Å². The van der Waals surface area contributed by atoms with Crippen molar-refractivity contribution in [3.63, 3.8) is 0 Å². The van der Waals surface area contributed by atoms with Gasteiger partial charge in [0.15, 0.2) is 5.78 Å². The van der Waals surface area contributed by atoms with E-state index in [0.29, 0.717) is 17.8 Å². The number of allylic oxidation sites excluding steroid dienone is 2. The van der Waals surface area contributed by atoms with Crippen LogP contribution in [0.3, 0.4) is 0 Å². The zero-order valence-electron chi connectivity index (χ0n) is 17.6. The number of fused-ring (bicyclic) bond motifs is 1. The minimum Gasteiger partial charge on any atom is -0.343 e. The Balaban J connectivity index is 1.59. The van der Waals surface area contributed by atoms with Crippen molar-refractivity contribution in [2.75, 3.05) is 10.6 Å². The van der Waals surface area contributed by atoms with Crippen LogP contribution in [-0.2, 0) is 4.79 Å². The number of amides is 1. The number of aryl methyl sites for hydroxylation is 2. The van der Waals surface area contributed by atoms with Gasteiger partial charge < -0.3 is 10.6 Å². The van der Waals surface area contributed by atoms with Crippen LogP contribution in [0.5, 0.6) is 0 Å². The van der Waals surface area contributed by atoms with Crippen LogP contribution in [-0.4, -0.2) is 21.5 Å². The van der Waals surface area contributed by atoms with E-state index in [1.165, 1.54) is 0 Å². The molecule has 0 fully saturated rings. The summed E-state index contributed by atoms with van der Waals surface area (Å²) >= 11 is 0. The van der Waals surface area contributed by atoms with Crippen LogP contribution in [0.25, 0.3) is 0 Å². The van der Waals surface area contributed by atoms with Crippen LogP contribution in [0.4, 0.5) is 11.5 Å². The molecule has 0 radical (unpaired) electrons. The molecule has 2 heterocycles. The van der Waals surface area contributed by atoms with Gasteiger partial charge in [-0.25, -0.2) is 4.68 Å². The number of rotatable bonds is 3. The molecule has 1 aromatic heterocycles. The van der Waals surface area contributed by atoms with E-state index in [9.17, 15) is 9.59 Å². The first-order valence-electron chi connectivity index (χ1n) is 10.6. The Hall–Kier alpha value is -3.67. The van der Waals surface area contributed by atoms with Crippen molar-refractivity contribution in [1.82, 2.24) is 9.78 Å². The van der Waals surface area contributed by atoms with Gasteiger partial charge in [-0.15, -0.1) is 0 Å². The van der Waals surface area contributed by atoms with Crippen molar-refractivity contribution in [2.45, 2.75) is 39.2 Å². The van der Waals surface area contributed by atoms with E-state index in [1.807, 2.05) is 62.4 Å². The Kier molecular flexibility index (Phi) is 4.70. The maximum absolute atomic E-state index is 13.1. The maximum Gasteiger partial charge on any atom is 0.261 e. The summed E-state index contributed by atoms with van der Waals surface area (Å²) in [6.45, 7) is 4.03. The third-order valence-corrected chi connectivity index (χ3v) is 6.04. The van der Waals surface area contributed by atoms with Gasteiger partial charge in [0.2, 0.25) is 0 Å². The smallest absolute Gasteiger partial charge is 0.261 e. The van der Waals surface area contributed by atoms with Crippen LogP contribution in [0, 0.1) is 13.8 Å². The van der Waals surface area contributed by atoms with E-state index in [0.717, 1.165) is 46.5 Å². The fourth-order valence-electron chi connectivity index (χ4n) is 4.53. The minimum atomic E-state index is -0.333. The molecule has 156 valence electrons. The van der Waals surface area contributed by atoms with E-state index >= 15 is 0 Å². The molecule has 1 aliphatic carbocycles. The lowest BCUT2D eigenvalue weighted by Gasteiger charge is -2.34. The number of Topliss-reactive ketones (excluding diaryl/α,β-unsaturated/α-hetero) is 1. The monoisotopic (exact) mass is 412 g/mol. The minimum absolute atomic E-state index is 0.147. The molecule has 1 aliphatic heterocycles. The Morgan fingerprint density at radius 3 is 2.77 bits per heavy atom. The quantitative estimate of drug-likeness (QED) is 0.649. The first kappa shape index (κ1) is 19.3. The maximum atomic E-state index is 13.1. The summed E-state index contributed by atoms with van der Waals surface area (Å²) in [6.07, 6.45) is 3.72. The van der Waals surface area contributed by atoms with Crippen molar-refractivity contribution < 1.29 is 9.59 Å². The fraction of sp³-hybridized carbons (Fsp3) is 0.240. The molecule has 0 saturated carbocycles. The third-order valence-electron chi connectivity index (χ3n) is 6.04. The highest BCUT2D eigenvalue weighted by Crippen LogP contribution is 2.42. The fourth-order valence-corrected chi connectivity index (χ4v) is 4.53. The Bertz CT molecular complexity index is 1240. The highest BCUT2D eigenvalue weighted by atomic mass is 16.1. The second-order valence-corrected chi connectivity index (χ2v) is 8.23. The largest absolute Gasteiger partial charge is 0.343 e. The van der Waals surface area contributed by atoms with Gasteiger partial charge in [0, 0.05) is 23.4 Å². The lowest BCUT2D eigenvalue weighted by Crippen LogP contribution is -2.32. The molecule has 1 unspecified atom stereocenters. The predicted octanol–water partition coefficient (Wildman–Crippen LogP) is 4.77. The van der Waals surface area contributed by atoms with E-state index in [4.69, 9.17) is 0 Å². The second-order valence-electron chi connectivity index (χ2n) is 8.23. The van der Waals surface area contributed by atoms with E-state index in [-0.39, 0.29) is 17.7 Å². The lowest BCUT2D eigenvalue weighted by molar-refractivity contribution is -0.116. The summed E-state index contributed by atoms with van der Waals surface area (Å²) in [7, 11) is 0. The van der Waals surface area contributed by atoms with Gasteiger partial charge in [-0.05, 0) is 55.5 Å². The topological polar surface area (TPSA) is 76.0 Å². The SMILES string of the molecule is Cc1cccc(NC(=O)c2cnn3c2NC2=C(C(=O)CCC2)C3c2ccccc2C)c1. The summed E-state index contributed by atoms with van der Waals surface area (Å²) in [5.74, 6) is 0.551. The number of hydrogen-bond donors (Lipinski definition) is 2. The van der Waals surface area contributed by atoms with Gasteiger partial charge in [-0.3, -0.25) is 9.59 Å². The van der Waals surface area contributed by atoms with Gasteiger partial charge in [0.25, 0.3) is 5.91 Å². The molecule has 5 rings (SSSR count). The number of carbonyl (C=O) groups excluding carboxylic acids is 2. The molecule has 31 heavy (non-hydrogen) atoms. The van der Waals surface area contributed by atoms with E-state index in [2.05, 4.69) is 15.7 Å². The van der Waals surface area contributed by atoms with Crippen molar-refractivity contribution in [2.24, 2.45) is 0 Å². The standard InChI is InChI=1S/C25H24N4O2/c1-15-7-5-9-17(13-15)27-25(31)19-14-26-29-23(18-10-4-3-8-16(18)2)22-20(28-24(19)29)11-6-12-21(22)30/h3-5,7-10,13-14,23,28H,6,11-12H2,1-2H3,(H,27,31). The molecular formula is C25H24N4O2. The highest BCUT2D eigenvalue weighted by Gasteiger charge is 2.38. The van der Waals surface area contributed by atoms with Crippen LogP contribution in [0.15, 0.2) is 66.0 Å². The zero-order chi connectivity index (χ0) is 21.5. The molecule has 6 heteroatoms. The molecule has 2 aromatic carbocycles. The normalized spacial score (nSPS) is 17.6. The van der Waals surface area contributed by atoms with E-state index in [1.54, 1.807) is 10.9 Å². The average Bonchev–Trinajstić information content (AvgIpc) is 3.17. The van der Waals surface area contributed by atoms with Gasteiger partial charge in [0.05, 0.1) is 6.20 Å². The average molecular weight is 412 g/mol. The van der Waals surface area contributed by atoms with Gasteiger partial charge in [-0.1, -0.05) is 36.4 Å². The Morgan fingerprint density at radius 1 is 1.13 bits per heavy atom. The van der Waals surface area contributed by atoms with Gasteiger partial charge in [-0.2, -0.15) is 5.10 Å². The number of benzene rings is 2. The number of hydrogen-bond acceptors (Lipinski definition) is 4. The number of nitrogens with zero attached hydrogens (tertiary/aromatic N) is 2. The molecular weight excluding hydrogens is 388 g/mol. The lowest BCUT2D eigenvalue weighted by atomic mass is 9.84. The number of aromatic nitrogens is 2. The summed E-state index contributed by atoms with van der Waals surface area (Å²) in [5.41, 5.74) is 6.06. The molecule has 0 bridgehead atoms. The number of ketones is 1. The van der Waals surface area contributed by atoms with Crippen molar-refractivity contribution >= 4 is 23.2 Å². The predicted molar refractivity (Wildman–Crippen MR) is 120 cm³/mol. The van der Waals surface area contributed by atoms with Gasteiger partial charge in [0.1, 0.15) is 17.4 Å². The molecule has 2 aliphatic rings. The summed E-state index contributed by atoms with van der Waals surface area (Å²) in [4.78, 5) is 26.0. The number of anilines is 2. The highest BCUT2D eigenvalue weighted by molar-refractivity contribution is 6.08. The summed E-state index contributed by atoms with van der Waals surface area (Å²) in [5, 5.41) is 10.9. The number of carbonyl (C=O) groups is 2. The molecule has 0 saturated heterocycles. The first-order valence-corrected chi connectivity index (χ1v) is 10.6. The zero-order valence-corrected chi connectivity index (χ0v) is 17.6. The van der Waals surface area contributed by atoms with Crippen molar-refractivity contribution in [3.05, 3.63) is 88.3 Å². The van der Waals surface area contributed by atoms with E-state index < -0.39 is 0 Å². The molecule has 2 N–H and O–H groups in total.